The Balaban J connectivity index is 1.41. The highest BCUT2D eigenvalue weighted by Gasteiger charge is 2.22. The predicted octanol–water partition coefficient (Wildman–Crippen LogP) is 3.94. The number of thioether (sulfide) groups is 1. The maximum atomic E-state index is 12.2. The number of nitrogens with zero attached hydrogens (tertiary/aromatic N) is 2. The summed E-state index contributed by atoms with van der Waals surface area (Å²) in [7, 11) is 0. The second kappa shape index (κ2) is 9.20. The third kappa shape index (κ3) is 5.71. The molecule has 7 heteroatoms. The van der Waals surface area contributed by atoms with Gasteiger partial charge in [0.25, 0.3) is 0 Å². The zero-order valence-electron chi connectivity index (χ0n) is 14.4. The van der Waals surface area contributed by atoms with Crippen LogP contribution in [0.2, 0.25) is 0 Å². The molecule has 1 heterocycles. The van der Waals surface area contributed by atoms with E-state index in [9.17, 15) is 4.79 Å². The molecular formula is C18H24N4OS2. The number of anilines is 1. The zero-order chi connectivity index (χ0) is 17.5. The fraction of sp³-hybridized carbons (Fsp3) is 0.500. The summed E-state index contributed by atoms with van der Waals surface area (Å²) in [4.78, 5) is 12.2. The van der Waals surface area contributed by atoms with Gasteiger partial charge in [-0.3, -0.25) is 4.79 Å². The van der Waals surface area contributed by atoms with Gasteiger partial charge >= 0.3 is 0 Å². The normalized spacial score (nSPS) is 20.2. The van der Waals surface area contributed by atoms with Crippen LogP contribution in [-0.2, 0) is 11.3 Å². The predicted molar refractivity (Wildman–Crippen MR) is 104 cm³/mol. The molecule has 134 valence electrons. The second-order valence-electron chi connectivity index (χ2n) is 6.44. The third-order valence-electron chi connectivity index (χ3n) is 4.48. The van der Waals surface area contributed by atoms with Crippen molar-refractivity contribution >= 4 is 34.1 Å². The Morgan fingerprint density at radius 3 is 2.84 bits per heavy atom. The summed E-state index contributed by atoms with van der Waals surface area (Å²) in [5, 5.41) is 15.5. The fourth-order valence-corrected chi connectivity index (χ4v) is 4.58. The van der Waals surface area contributed by atoms with Gasteiger partial charge in [0.15, 0.2) is 4.34 Å². The van der Waals surface area contributed by atoms with Gasteiger partial charge < -0.3 is 10.6 Å². The van der Waals surface area contributed by atoms with Crippen LogP contribution in [-0.4, -0.2) is 27.9 Å². The van der Waals surface area contributed by atoms with Crippen molar-refractivity contribution in [2.75, 3.05) is 11.1 Å². The minimum atomic E-state index is 0.0951. The van der Waals surface area contributed by atoms with Crippen LogP contribution < -0.4 is 10.6 Å². The van der Waals surface area contributed by atoms with Gasteiger partial charge in [-0.25, -0.2) is 0 Å². The lowest BCUT2D eigenvalue weighted by atomic mass is 9.86. The van der Waals surface area contributed by atoms with Crippen molar-refractivity contribution in [3.8, 4) is 0 Å². The van der Waals surface area contributed by atoms with E-state index in [0.717, 1.165) is 22.4 Å². The molecule has 0 saturated heterocycles. The van der Waals surface area contributed by atoms with E-state index >= 15 is 0 Å². The number of rotatable bonds is 7. The summed E-state index contributed by atoms with van der Waals surface area (Å²) in [5.41, 5.74) is 1.20. The first-order chi connectivity index (χ1) is 12.2. The van der Waals surface area contributed by atoms with Gasteiger partial charge in [-0.1, -0.05) is 73.2 Å². The Morgan fingerprint density at radius 1 is 1.24 bits per heavy atom. The molecule has 1 amide bonds. The van der Waals surface area contributed by atoms with Crippen molar-refractivity contribution < 1.29 is 4.79 Å². The van der Waals surface area contributed by atoms with Gasteiger partial charge in [0, 0.05) is 12.6 Å². The number of carbonyl (C=O) groups is 1. The van der Waals surface area contributed by atoms with Crippen molar-refractivity contribution in [2.45, 2.75) is 49.5 Å². The van der Waals surface area contributed by atoms with Gasteiger partial charge in [-0.05, 0) is 24.3 Å². The standard InChI is InChI=1S/C18H24N4OS2/c1-13-7-5-6-10-15(13)20-16(23)12-24-18-22-21-17(25-18)19-11-14-8-3-2-4-9-14/h2-4,8-9,13,15H,5-7,10-12H2,1H3,(H,19,21)(H,20,23). The fourth-order valence-electron chi connectivity index (χ4n) is 3.02. The Kier molecular flexibility index (Phi) is 6.69. The highest BCUT2D eigenvalue weighted by atomic mass is 32.2. The minimum absolute atomic E-state index is 0.0951. The SMILES string of the molecule is CC1CCCCC1NC(=O)CSc1nnc(NCc2ccccc2)s1. The zero-order valence-corrected chi connectivity index (χ0v) is 16.0. The molecule has 1 aliphatic carbocycles. The Morgan fingerprint density at radius 2 is 2.04 bits per heavy atom. The van der Waals surface area contributed by atoms with Crippen molar-refractivity contribution in [3.63, 3.8) is 0 Å². The molecule has 0 spiro atoms. The number of amides is 1. The molecule has 2 N–H and O–H groups in total. The summed E-state index contributed by atoms with van der Waals surface area (Å²) >= 11 is 2.94. The number of hydrogen-bond donors (Lipinski definition) is 2. The van der Waals surface area contributed by atoms with Gasteiger partial charge in [0.05, 0.1) is 5.75 Å². The largest absolute Gasteiger partial charge is 0.356 e. The first-order valence-corrected chi connectivity index (χ1v) is 10.5. The van der Waals surface area contributed by atoms with Crippen LogP contribution >= 0.6 is 23.1 Å². The van der Waals surface area contributed by atoms with E-state index in [-0.39, 0.29) is 5.91 Å². The summed E-state index contributed by atoms with van der Waals surface area (Å²) in [6, 6.07) is 10.5. The molecule has 5 nitrogen and oxygen atoms in total. The van der Waals surface area contributed by atoms with E-state index in [1.54, 1.807) is 0 Å². The topological polar surface area (TPSA) is 66.9 Å². The van der Waals surface area contributed by atoms with Crippen LogP contribution in [0, 0.1) is 5.92 Å². The molecule has 0 radical (unpaired) electrons. The van der Waals surface area contributed by atoms with Crippen LogP contribution in [0.3, 0.4) is 0 Å². The van der Waals surface area contributed by atoms with Crippen LogP contribution in [0.5, 0.6) is 0 Å². The third-order valence-corrected chi connectivity index (χ3v) is 6.49. The first kappa shape index (κ1) is 18.2. The van der Waals surface area contributed by atoms with E-state index in [2.05, 4.69) is 39.9 Å². The number of hydrogen-bond acceptors (Lipinski definition) is 6. The van der Waals surface area contributed by atoms with E-state index in [4.69, 9.17) is 0 Å². The summed E-state index contributed by atoms with van der Waals surface area (Å²) in [6.07, 6.45) is 4.82. The Hall–Kier alpha value is -1.60. The van der Waals surface area contributed by atoms with E-state index in [1.165, 1.54) is 47.9 Å². The lowest BCUT2D eigenvalue weighted by Crippen LogP contribution is -2.41. The van der Waals surface area contributed by atoms with Gasteiger partial charge in [0.1, 0.15) is 0 Å². The highest BCUT2D eigenvalue weighted by molar-refractivity contribution is 8.01. The molecule has 2 atom stereocenters. The van der Waals surface area contributed by atoms with E-state index < -0.39 is 0 Å². The number of benzene rings is 1. The maximum Gasteiger partial charge on any atom is 0.230 e. The summed E-state index contributed by atoms with van der Waals surface area (Å²) in [6.45, 7) is 2.95. The summed E-state index contributed by atoms with van der Waals surface area (Å²) < 4.78 is 0.822. The van der Waals surface area contributed by atoms with Crippen molar-refractivity contribution in [1.29, 1.82) is 0 Å². The molecule has 0 bridgehead atoms. The van der Waals surface area contributed by atoms with Crippen LogP contribution in [0.25, 0.3) is 0 Å². The van der Waals surface area contributed by atoms with E-state index in [0.29, 0.717) is 17.7 Å². The Bertz CT molecular complexity index is 677. The minimum Gasteiger partial charge on any atom is -0.356 e. The van der Waals surface area contributed by atoms with Crippen molar-refractivity contribution in [3.05, 3.63) is 35.9 Å². The number of aromatic nitrogens is 2. The molecule has 1 saturated carbocycles. The number of carbonyl (C=O) groups excluding carboxylic acids is 1. The molecule has 3 rings (SSSR count). The maximum absolute atomic E-state index is 12.2. The van der Waals surface area contributed by atoms with Crippen LogP contribution in [0.1, 0.15) is 38.2 Å². The number of nitrogens with one attached hydrogen (secondary N) is 2. The molecular weight excluding hydrogens is 352 g/mol. The van der Waals surface area contributed by atoms with Gasteiger partial charge in [-0.15, -0.1) is 10.2 Å². The second-order valence-corrected chi connectivity index (χ2v) is 8.64. The van der Waals surface area contributed by atoms with Gasteiger partial charge in [-0.2, -0.15) is 0 Å². The monoisotopic (exact) mass is 376 g/mol. The molecule has 1 fully saturated rings. The van der Waals surface area contributed by atoms with Crippen molar-refractivity contribution in [2.24, 2.45) is 5.92 Å². The van der Waals surface area contributed by atoms with Crippen LogP contribution in [0.4, 0.5) is 5.13 Å². The van der Waals surface area contributed by atoms with Crippen molar-refractivity contribution in [1.82, 2.24) is 15.5 Å². The Labute approximate surface area is 157 Å². The summed E-state index contributed by atoms with van der Waals surface area (Å²) in [5.74, 6) is 1.08. The van der Waals surface area contributed by atoms with E-state index in [1.807, 2.05) is 18.2 Å². The van der Waals surface area contributed by atoms with Gasteiger partial charge in [0.2, 0.25) is 11.0 Å². The molecule has 1 aromatic heterocycles. The molecule has 2 aromatic rings. The molecule has 25 heavy (non-hydrogen) atoms. The highest BCUT2D eigenvalue weighted by Crippen LogP contribution is 2.27. The molecule has 1 aromatic carbocycles. The lowest BCUT2D eigenvalue weighted by Gasteiger charge is -2.29. The van der Waals surface area contributed by atoms with Crippen LogP contribution in [0.15, 0.2) is 34.7 Å². The molecule has 0 aliphatic heterocycles. The first-order valence-electron chi connectivity index (χ1n) is 8.74. The smallest absolute Gasteiger partial charge is 0.230 e. The average Bonchev–Trinajstić information content (AvgIpc) is 3.09. The molecule has 1 aliphatic rings. The quantitative estimate of drug-likeness (QED) is 0.717. The molecule has 2 unspecified atom stereocenters. The lowest BCUT2D eigenvalue weighted by molar-refractivity contribution is -0.119. The average molecular weight is 377 g/mol.